The number of carbonyl (C=O) groups is 1. The van der Waals surface area contributed by atoms with Crippen LogP contribution in [0.5, 0.6) is 0 Å². The number of hydrogen-bond donors (Lipinski definition) is 1. The standard InChI is InChI=1S/C18H12F3N5OS/c19-18(20,21)16(27)22-13-8-6-11(7-9-13)14-10-28-17-24-23-15(26(17)25-14)12-4-2-1-3-5-12/h1-9H,10H2,(H,22,27). The molecule has 0 unspecified atom stereocenters. The Balaban J connectivity index is 1.60. The highest BCUT2D eigenvalue weighted by Gasteiger charge is 2.38. The van der Waals surface area contributed by atoms with Gasteiger partial charge in [0.15, 0.2) is 5.82 Å². The number of thioether (sulfide) groups is 1. The van der Waals surface area contributed by atoms with Gasteiger partial charge in [0.25, 0.3) is 0 Å². The molecule has 3 aromatic rings. The predicted molar refractivity (Wildman–Crippen MR) is 99.2 cm³/mol. The van der Waals surface area contributed by atoms with Gasteiger partial charge in [0.1, 0.15) is 0 Å². The van der Waals surface area contributed by atoms with Gasteiger partial charge < -0.3 is 5.32 Å². The summed E-state index contributed by atoms with van der Waals surface area (Å²) in [5.74, 6) is -0.858. The molecule has 1 aliphatic heterocycles. The third-order valence-electron chi connectivity index (χ3n) is 3.94. The van der Waals surface area contributed by atoms with E-state index in [4.69, 9.17) is 0 Å². The van der Waals surface area contributed by atoms with Crippen LogP contribution in [0.2, 0.25) is 0 Å². The average Bonchev–Trinajstić information content (AvgIpc) is 3.12. The SMILES string of the molecule is O=C(Nc1ccc(C2=Nn3c(nnc3-c3ccccc3)SC2)cc1)C(F)(F)F. The van der Waals surface area contributed by atoms with Crippen molar-refractivity contribution in [2.75, 3.05) is 11.1 Å². The molecule has 0 aliphatic carbocycles. The number of fused-ring (bicyclic) bond motifs is 1. The van der Waals surface area contributed by atoms with E-state index in [-0.39, 0.29) is 5.69 Å². The lowest BCUT2D eigenvalue weighted by atomic mass is 10.1. The number of anilines is 1. The van der Waals surface area contributed by atoms with Crippen molar-refractivity contribution < 1.29 is 18.0 Å². The van der Waals surface area contributed by atoms with E-state index in [1.165, 1.54) is 23.9 Å². The van der Waals surface area contributed by atoms with E-state index in [1.807, 2.05) is 35.6 Å². The molecule has 2 aromatic carbocycles. The summed E-state index contributed by atoms with van der Waals surface area (Å²) in [5.41, 5.74) is 2.39. The van der Waals surface area contributed by atoms with E-state index >= 15 is 0 Å². The fraction of sp³-hybridized carbons (Fsp3) is 0.111. The minimum absolute atomic E-state index is 0.0603. The second-order valence-corrected chi connectivity index (χ2v) is 6.79. The van der Waals surface area contributed by atoms with Crippen LogP contribution in [-0.4, -0.2) is 38.4 Å². The Morgan fingerprint density at radius 3 is 2.39 bits per heavy atom. The van der Waals surface area contributed by atoms with E-state index < -0.39 is 12.1 Å². The Hall–Kier alpha value is -3.14. The Bertz CT molecular complexity index is 1050. The van der Waals surface area contributed by atoms with Gasteiger partial charge >= 0.3 is 12.1 Å². The van der Waals surface area contributed by atoms with Crippen LogP contribution in [0.1, 0.15) is 5.56 Å². The molecule has 1 aromatic heterocycles. The van der Waals surface area contributed by atoms with Crippen molar-refractivity contribution in [3.05, 3.63) is 60.2 Å². The largest absolute Gasteiger partial charge is 0.471 e. The summed E-state index contributed by atoms with van der Waals surface area (Å²) in [4.78, 5) is 11.0. The summed E-state index contributed by atoms with van der Waals surface area (Å²) in [6.45, 7) is 0. The zero-order valence-electron chi connectivity index (χ0n) is 14.1. The van der Waals surface area contributed by atoms with Gasteiger partial charge in [-0.05, 0) is 17.7 Å². The van der Waals surface area contributed by atoms with Gasteiger partial charge in [-0.25, -0.2) is 0 Å². The van der Waals surface area contributed by atoms with Crippen LogP contribution in [-0.2, 0) is 4.79 Å². The average molecular weight is 403 g/mol. The summed E-state index contributed by atoms with van der Waals surface area (Å²) in [7, 11) is 0. The lowest BCUT2D eigenvalue weighted by Gasteiger charge is -2.14. The van der Waals surface area contributed by atoms with Gasteiger partial charge in [0.05, 0.1) is 5.71 Å². The summed E-state index contributed by atoms with van der Waals surface area (Å²) >= 11 is 1.47. The molecule has 4 rings (SSSR count). The smallest absolute Gasteiger partial charge is 0.318 e. The maximum Gasteiger partial charge on any atom is 0.471 e. The van der Waals surface area contributed by atoms with Gasteiger partial charge in [-0.2, -0.15) is 22.9 Å². The van der Waals surface area contributed by atoms with Crippen LogP contribution in [0.4, 0.5) is 18.9 Å². The molecule has 0 saturated heterocycles. The van der Waals surface area contributed by atoms with E-state index in [9.17, 15) is 18.0 Å². The maximum atomic E-state index is 12.3. The number of halogens is 3. The van der Waals surface area contributed by atoms with Crippen molar-refractivity contribution >= 4 is 29.1 Å². The normalized spacial score (nSPS) is 13.6. The molecular formula is C18H12F3N5OS. The second-order valence-electron chi connectivity index (χ2n) is 5.85. The van der Waals surface area contributed by atoms with E-state index in [0.29, 0.717) is 16.7 Å². The first-order chi connectivity index (χ1) is 13.4. The van der Waals surface area contributed by atoms with E-state index in [1.54, 1.807) is 16.8 Å². The molecule has 0 spiro atoms. The molecule has 2 heterocycles. The molecule has 6 nitrogen and oxygen atoms in total. The summed E-state index contributed by atoms with van der Waals surface area (Å²) < 4.78 is 38.7. The fourth-order valence-electron chi connectivity index (χ4n) is 2.58. The minimum atomic E-state index is -4.93. The number of aromatic nitrogens is 3. The molecular weight excluding hydrogens is 391 g/mol. The topological polar surface area (TPSA) is 72.2 Å². The molecule has 142 valence electrons. The first-order valence-electron chi connectivity index (χ1n) is 8.12. The predicted octanol–water partition coefficient (Wildman–Crippen LogP) is 3.80. The first-order valence-corrected chi connectivity index (χ1v) is 9.10. The van der Waals surface area contributed by atoms with Crippen molar-refractivity contribution in [3.63, 3.8) is 0 Å². The zero-order chi connectivity index (χ0) is 19.7. The van der Waals surface area contributed by atoms with Crippen molar-refractivity contribution in [1.29, 1.82) is 0 Å². The molecule has 0 radical (unpaired) electrons. The minimum Gasteiger partial charge on any atom is -0.318 e. The lowest BCUT2D eigenvalue weighted by Crippen LogP contribution is -2.29. The van der Waals surface area contributed by atoms with Crippen molar-refractivity contribution in [2.24, 2.45) is 5.10 Å². The number of carbonyl (C=O) groups excluding carboxylic acids is 1. The van der Waals surface area contributed by atoms with Crippen LogP contribution >= 0.6 is 11.8 Å². The number of alkyl halides is 3. The second kappa shape index (κ2) is 7.12. The first kappa shape index (κ1) is 18.2. The molecule has 0 atom stereocenters. The Kier molecular flexibility index (Phi) is 4.63. The Morgan fingerprint density at radius 1 is 1.00 bits per heavy atom. The van der Waals surface area contributed by atoms with Crippen molar-refractivity contribution in [1.82, 2.24) is 14.9 Å². The maximum absolute atomic E-state index is 12.3. The number of amides is 1. The van der Waals surface area contributed by atoms with Crippen LogP contribution in [0, 0.1) is 0 Å². The van der Waals surface area contributed by atoms with Gasteiger partial charge in [0, 0.05) is 17.0 Å². The fourth-order valence-corrected chi connectivity index (χ4v) is 3.42. The van der Waals surface area contributed by atoms with Gasteiger partial charge in [0.2, 0.25) is 5.16 Å². The highest BCUT2D eigenvalue weighted by atomic mass is 32.2. The summed E-state index contributed by atoms with van der Waals surface area (Å²) in [6, 6.07) is 15.5. The molecule has 1 N–H and O–H groups in total. The highest BCUT2D eigenvalue weighted by Crippen LogP contribution is 2.28. The van der Waals surface area contributed by atoms with Crippen molar-refractivity contribution in [2.45, 2.75) is 11.3 Å². The lowest BCUT2D eigenvalue weighted by molar-refractivity contribution is -0.167. The molecule has 1 aliphatic rings. The third-order valence-corrected chi connectivity index (χ3v) is 4.87. The molecule has 10 heteroatoms. The summed E-state index contributed by atoms with van der Waals surface area (Å²) in [6.07, 6.45) is -4.93. The molecule has 28 heavy (non-hydrogen) atoms. The number of nitrogens with zero attached hydrogens (tertiary/aromatic N) is 4. The van der Waals surface area contributed by atoms with Crippen LogP contribution in [0.15, 0.2) is 64.9 Å². The van der Waals surface area contributed by atoms with Crippen LogP contribution in [0.25, 0.3) is 11.4 Å². The quantitative estimate of drug-likeness (QED) is 0.722. The Morgan fingerprint density at radius 2 is 1.71 bits per heavy atom. The molecule has 0 fully saturated rings. The van der Waals surface area contributed by atoms with Gasteiger partial charge in [-0.3, -0.25) is 4.79 Å². The van der Waals surface area contributed by atoms with Gasteiger partial charge in [-0.1, -0.05) is 54.2 Å². The van der Waals surface area contributed by atoms with Crippen LogP contribution in [0.3, 0.4) is 0 Å². The monoisotopic (exact) mass is 403 g/mol. The summed E-state index contributed by atoms with van der Waals surface area (Å²) in [5, 5.41) is 15.4. The number of rotatable bonds is 3. The third kappa shape index (κ3) is 3.63. The molecule has 0 bridgehead atoms. The van der Waals surface area contributed by atoms with Crippen molar-refractivity contribution in [3.8, 4) is 11.4 Å². The molecule has 0 saturated carbocycles. The van der Waals surface area contributed by atoms with Gasteiger partial charge in [-0.15, -0.1) is 10.2 Å². The number of benzene rings is 2. The van der Waals surface area contributed by atoms with E-state index in [0.717, 1.165) is 16.8 Å². The number of hydrogen-bond acceptors (Lipinski definition) is 5. The van der Waals surface area contributed by atoms with Crippen LogP contribution < -0.4 is 5.32 Å². The Labute approximate surface area is 161 Å². The zero-order valence-corrected chi connectivity index (χ0v) is 15.0. The number of nitrogens with one attached hydrogen (secondary N) is 1. The van der Waals surface area contributed by atoms with E-state index in [2.05, 4.69) is 15.3 Å². The molecule has 1 amide bonds. The highest BCUT2D eigenvalue weighted by molar-refractivity contribution is 7.99.